The minimum atomic E-state index is 0.343. The van der Waals surface area contributed by atoms with Gasteiger partial charge in [0.05, 0.1) is 7.11 Å². The molecule has 1 atom stereocenters. The van der Waals surface area contributed by atoms with Crippen molar-refractivity contribution in [2.24, 2.45) is 5.92 Å². The van der Waals surface area contributed by atoms with Crippen molar-refractivity contribution in [2.45, 2.75) is 25.8 Å². The molecule has 0 bridgehead atoms. The number of piperidine rings is 1. The van der Waals surface area contributed by atoms with Gasteiger partial charge in [0.2, 0.25) is 0 Å². The van der Waals surface area contributed by atoms with Gasteiger partial charge in [0.15, 0.2) is 0 Å². The summed E-state index contributed by atoms with van der Waals surface area (Å²) in [5, 5.41) is 3.66. The molecule has 0 unspecified atom stereocenters. The first-order valence-electron chi connectivity index (χ1n) is 7.25. The van der Waals surface area contributed by atoms with Crippen LogP contribution in [0.5, 0.6) is 5.75 Å². The molecule has 3 nitrogen and oxygen atoms in total. The normalized spacial score (nSPS) is 19.3. The number of methoxy groups -OCH3 is 1. The first kappa shape index (κ1) is 14.4. The van der Waals surface area contributed by atoms with Crippen LogP contribution in [0.3, 0.4) is 0 Å². The van der Waals surface area contributed by atoms with Crippen molar-refractivity contribution >= 4 is 0 Å². The predicted octanol–water partition coefficient (Wildman–Crippen LogP) is 2.69. The van der Waals surface area contributed by atoms with Crippen molar-refractivity contribution in [3.8, 4) is 5.75 Å². The summed E-state index contributed by atoms with van der Waals surface area (Å²) in [4.78, 5) is 2.42. The topological polar surface area (TPSA) is 24.5 Å². The van der Waals surface area contributed by atoms with E-state index < -0.39 is 0 Å². The molecule has 0 amide bonds. The number of hydrogen-bond acceptors (Lipinski definition) is 3. The van der Waals surface area contributed by atoms with Crippen molar-refractivity contribution in [1.29, 1.82) is 0 Å². The van der Waals surface area contributed by atoms with Gasteiger partial charge < -0.3 is 15.0 Å². The molecule has 1 aromatic rings. The molecule has 1 N–H and O–H groups in total. The van der Waals surface area contributed by atoms with E-state index in [9.17, 15) is 0 Å². The molecule has 3 heteroatoms. The number of likely N-dealkylation sites (tertiary alicyclic amines) is 1. The summed E-state index contributed by atoms with van der Waals surface area (Å²) in [6.07, 6.45) is 2.62. The number of rotatable bonds is 5. The Hall–Kier alpha value is -1.06. The van der Waals surface area contributed by atoms with Crippen LogP contribution in [0.1, 0.15) is 31.4 Å². The highest BCUT2D eigenvalue weighted by Crippen LogP contribution is 2.25. The standard InChI is InChI=1S/C16H26N2O/c1-13(15-6-4-5-7-16(15)19-3)17-12-14-8-10-18(2)11-9-14/h4-7,13-14,17H,8-12H2,1-3H3/t13-/m0/s1. The van der Waals surface area contributed by atoms with E-state index in [-0.39, 0.29) is 0 Å². The van der Waals surface area contributed by atoms with Crippen LogP contribution in [0.4, 0.5) is 0 Å². The smallest absolute Gasteiger partial charge is 0.123 e. The van der Waals surface area contributed by atoms with Crippen LogP contribution in [0, 0.1) is 5.92 Å². The maximum absolute atomic E-state index is 5.43. The van der Waals surface area contributed by atoms with E-state index in [0.29, 0.717) is 6.04 Å². The zero-order valence-corrected chi connectivity index (χ0v) is 12.4. The zero-order chi connectivity index (χ0) is 13.7. The zero-order valence-electron chi connectivity index (χ0n) is 12.4. The predicted molar refractivity (Wildman–Crippen MR) is 79.6 cm³/mol. The van der Waals surface area contributed by atoms with Gasteiger partial charge >= 0.3 is 0 Å². The van der Waals surface area contributed by atoms with Crippen molar-refractivity contribution in [3.05, 3.63) is 29.8 Å². The maximum Gasteiger partial charge on any atom is 0.123 e. The Morgan fingerprint density at radius 2 is 2.00 bits per heavy atom. The number of ether oxygens (including phenoxy) is 1. The molecule has 0 saturated carbocycles. The third-order valence-electron chi connectivity index (χ3n) is 4.16. The van der Waals surface area contributed by atoms with Gasteiger partial charge in [-0.15, -0.1) is 0 Å². The summed E-state index contributed by atoms with van der Waals surface area (Å²) in [5.74, 6) is 1.79. The van der Waals surface area contributed by atoms with Crippen LogP contribution in [-0.4, -0.2) is 38.7 Å². The Bertz CT molecular complexity index is 386. The fourth-order valence-corrected chi connectivity index (χ4v) is 2.74. The second-order valence-corrected chi connectivity index (χ2v) is 5.62. The van der Waals surface area contributed by atoms with Gasteiger partial charge in [0.1, 0.15) is 5.75 Å². The van der Waals surface area contributed by atoms with Gasteiger partial charge in [-0.3, -0.25) is 0 Å². The van der Waals surface area contributed by atoms with Crippen LogP contribution in [0.15, 0.2) is 24.3 Å². The van der Waals surface area contributed by atoms with E-state index in [4.69, 9.17) is 4.74 Å². The fraction of sp³-hybridized carbons (Fsp3) is 0.625. The molecule has 19 heavy (non-hydrogen) atoms. The maximum atomic E-state index is 5.43. The molecule has 1 fully saturated rings. The van der Waals surface area contributed by atoms with Gasteiger partial charge in [0.25, 0.3) is 0 Å². The first-order chi connectivity index (χ1) is 9.20. The number of nitrogens with zero attached hydrogens (tertiary/aromatic N) is 1. The van der Waals surface area contributed by atoms with Crippen molar-refractivity contribution in [1.82, 2.24) is 10.2 Å². The van der Waals surface area contributed by atoms with E-state index in [0.717, 1.165) is 18.2 Å². The summed E-state index contributed by atoms with van der Waals surface area (Å²) < 4.78 is 5.43. The molecule has 1 saturated heterocycles. The highest BCUT2D eigenvalue weighted by molar-refractivity contribution is 5.35. The van der Waals surface area contributed by atoms with E-state index in [1.165, 1.54) is 31.5 Å². The number of benzene rings is 1. The second kappa shape index (κ2) is 6.92. The molecular formula is C16H26N2O. The molecule has 2 rings (SSSR count). The highest BCUT2D eigenvalue weighted by atomic mass is 16.5. The van der Waals surface area contributed by atoms with Gasteiger partial charge in [-0.2, -0.15) is 0 Å². The van der Waals surface area contributed by atoms with Crippen LogP contribution in [-0.2, 0) is 0 Å². The van der Waals surface area contributed by atoms with Crippen molar-refractivity contribution in [2.75, 3.05) is 33.8 Å². The minimum absolute atomic E-state index is 0.343. The highest BCUT2D eigenvalue weighted by Gasteiger charge is 2.18. The number of nitrogens with one attached hydrogen (secondary N) is 1. The molecule has 0 aromatic heterocycles. The number of para-hydroxylation sites is 1. The third kappa shape index (κ3) is 3.95. The molecule has 0 spiro atoms. The lowest BCUT2D eigenvalue weighted by molar-refractivity contribution is 0.213. The molecule has 0 radical (unpaired) electrons. The third-order valence-corrected chi connectivity index (χ3v) is 4.16. The van der Waals surface area contributed by atoms with E-state index in [1.807, 2.05) is 12.1 Å². The van der Waals surface area contributed by atoms with Crippen LogP contribution in [0.25, 0.3) is 0 Å². The second-order valence-electron chi connectivity index (χ2n) is 5.62. The molecule has 0 aliphatic carbocycles. The SMILES string of the molecule is COc1ccccc1[C@H](C)NCC1CCN(C)CC1. The van der Waals surface area contributed by atoms with Crippen LogP contribution in [0.2, 0.25) is 0 Å². The Morgan fingerprint density at radius 1 is 1.32 bits per heavy atom. The van der Waals surface area contributed by atoms with E-state index in [2.05, 4.69) is 36.3 Å². The largest absolute Gasteiger partial charge is 0.496 e. The van der Waals surface area contributed by atoms with Gasteiger partial charge in [-0.1, -0.05) is 18.2 Å². The van der Waals surface area contributed by atoms with E-state index in [1.54, 1.807) is 7.11 Å². The van der Waals surface area contributed by atoms with Crippen LogP contribution < -0.4 is 10.1 Å². The lowest BCUT2D eigenvalue weighted by Gasteiger charge is -2.30. The Kier molecular flexibility index (Phi) is 5.23. The molecular weight excluding hydrogens is 236 g/mol. The van der Waals surface area contributed by atoms with Gasteiger partial charge in [-0.05, 0) is 58.4 Å². The summed E-state index contributed by atoms with van der Waals surface area (Å²) in [6, 6.07) is 8.61. The van der Waals surface area contributed by atoms with Crippen LogP contribution >= 0.6 is 0 Å². The Labute approximate surface area is 116 Å². The Morgan fingerprint density at radius 3 is 2.68 bits per heavy atom. The molecule has 1 aromatic carbocycles. The van der Waals surface area contributed by atoms with E-state index >= 15 is 0 Å². The lowest BCUT2D eigenvalue weighted by Crippen LogP contribution is -2.35. The molecule has 1 heterocycles. The van der Waals surface area contributed by atoms with Crippen molar-refractivity contribution in [3.63, 3.8) is 0 Å². The average molecular weight is 262 g/mol. The van der Waals surface area contributed by atoms with Crippen molar-refractivity contribution < 1.29 is 4.74 Å². The summed E-state index contributed by atoms with van der Waals surface area (Å²) in [5.41, 5.74) is 1.25. The average Bonchev–Trinajstić information content (AvgIpc) is 2.46. The lowest BCUT2D eigenvalue weighted by atomic mass is 9.96. The monoisotopic (exact) mass is 262 g/mol. The Balaban J connectivity index is 1.85. The summed E-state index contributed by atoms with van der Waals surface area (Å²) >= 11 is 0. The first-order valence-corrected chi connectivity index (χ1v) is 7.25. The molecule has 1 aliphatic heterocycles. The number of hydrogen-bond donors (Lipinski definition) is 1. The summed E-state index contributed by atoms with van der Waals surface area (Å²) in [7, 11) is 3.95. The fourth-order valence-electron chi connectivity index (χ4n) is 2.74. The minimum Gasteiger partial charge on any atom is -0.496 e. The van der Waals surface area contributed by atoms with Gasteiger partial charge in [0, 0.05) is 11.6 Å². The van der Waals surface area contributed by atoms with Gasteiger partial charge in [-0.25, -0.2) is 0 Å². The molecule has 1 aliphatic rings. The summed E-state index contributed by atoms with van der Waals surface area (Å²) in [6.45, 7) is 5.78. The molecule has 106 valence electrons. The quantitative estimate of drug-likeness (QED) is 0.883.